The second-order valence-corrected chi connectivity index (χ2v) is 5.94. The monoisotopic (exact) mass is 367 g/mol. The van der Waals surface area contributed by atoms with Gasteiger partial charge in [-0.15, -0.1) is 0 Å². The Morgan fingerprint density at radius 1 is 1.11 bits per heavy atom. The highest BCUT2D eigenvalue weighted by atomic mass is 16.5. The van der Waals surface area contributed by atoms with Gasteiger partial charge < -0.3 is 14.8 Å². The van der Waals surface area contributed by atoms with Gasteiger partial charge in [-0.3, -0.25) is 14.7 Å². The summed E-state index contributed by atoms with van der Waals surface area (Å²) in [6.45, 7) is 0.491. The summed E-state index contributed by atoms with van der Waals surface area (Å²) in [5, 5.41) is 10.3. The molecule has 0 aliphatic rings. The van der Waals surface area contributed by atoms with Crippen LogP contribution in [0.2, 0.25) is 0 Å². The maximum atomic E-state index is 12.2. The van der Waals surface area contributed by atoms with Gasteiger partial charge in [-0.2, -0.15) is 5.10 Å². The lowest BCUT2D eigenvalue weighted by Gasteiger charge is -2.06. The van der Waals surface area contributed by atoms with Gasteiger partial charge in [-0.1, -0.05) is 30.3 Å². The van der Waals surface area contributed by atoms with Crippen LogP contribution in [0.5, 0.6) is 5.75 Å². The van der Waals surface area contributed by atoms with E-state index >= 15 is 0 Å². The number of para-hydroxylation sites is 1. The molecule has 1 amide bonds. The molecule has 2 N–H and O–H groups in total. The standard InChI is InChI=1S/C20H21N3O4/c1-26-15-8-6-14(7-9-15)11-13-27-18(24)10-12-21-20(25)19-16-4-2-3-5-17(16)22-23-19/h2-9H,10-13H2,1H3,(H,21,25)(H,22,23). The van der Waals surface area contributed by atoms with E-state index in [1.807, 2.05) is 48.5 Å². The van der Waals surface area contributed by atoms with E-state index < -0.39 is 0 Å². The van der Waals surface area contributed by atoms with Crippen molar-refractivity contribution >= 4 is 22.8 Å². The molecular formula is C20H21N3O4. The van der Waals surface area contributed by atoms with E-state index in [4.69, 9.17) is 9.47 Å². The number of H-pyrrole nitrogens is 1. The number of rotatable bonds is 8. The second kappa shape index (κ2) is 8.84. The van der Waals surface area contributed by atoms with Crippen molar-refractivity contribution in [1.82, 2.24) is 15.5 Å². The Morgan fingerprint density at radius 3 is 2.67 bits per heavy atom. The van der Waals surface area contributed by atoms with E-state index in [2.05, 4.69) is 15.5 Å². The number of methoxy groups -OCH3 is 1. The second-order valence-electron chi connectivity index (χ2n) is 5.94. The normalized spacial score (nSPS) is 10.6. The molecular weight excluding hydrogens is 346 g/mol. The molecule has 0 saturated carbocycles. The molecule has 27 heavy (non-hydrogen) atoms. The molecule has 7 nitrogen and oxygen atoms in total. The van der Waals surface area contributed by atoms with E-state index in [1.54, 1.807) is 7.11 Å². The van der Waals surface area contributed by atoms with Gasteiger partial charge in [0.2, 0.25) is 0 Å². The number of nitrogens with zero attached hydrogens (tertiary/aromatic N) is 1. The van der Waals surface area contributed by atoms with Crippen molar-refractivity contribution in [1.29, 1.82) is 0 Å². The number of carbonyl (C=O) groups excluding carboxylic acids is 2. The molecule has 1 heterocycles. The summed E-state index contributed by atoms with van der Waals surface area (Å²) in [5.74, 6) is 0.116. The van der Waals surface area contributed by atoms with Gasteiger partial charge in [-0.05, 0) is 23.8 Å². The van der Waals surface area contributed by atoms with Gasteiger partial charge in [-0.25, -0.2) is 0 Å². The number of esters is 1. The van der Waals surface area contributed by atoms with Crippen molar-refractivity contribution in [2.75, 3.05) is 20.3 Å². The quantitative estimate of drug-likeness (QED) is 0.597. The minimum Gasteiger partial charge on any atom is -0.497 e. The molecule has 0 saturated heterocycles. The van der Waals surface area contributed by atoms with Crippen LogP contribution in [0, 0.1) is 0 Å². The number of aromatic nitrogens is 2. The van der Waals surface area contributed by atoms with Crippen molar-refractivity contribution in [2.24, 2.45) is 0 Å². The Balaban J connectivity index is 1.38. The number of ether oxygens (including phenoxy) is 2. The largest absolute Gasteiger partial charge is 0.497 e. The number of aromatic amines is 1. The third kappa shape index (κ3) is 4.84. The average molecular weight is 367 g/mol. The number of hydrogen-bond donors (Lipinski definition) is 2. The first-order valence-corrected chi connectivity index (χ1v) is 8.67. The fourth-order valence-electron chi connectivity index (χ4n) is 2.65. The predicted molar refractivity (Wildman–Crippen MR) is 101 cm³/mol. The molecule has 7 heteroatoms. The van der Waals surface area contributed by atoms with E-state index in [0.717, 1.165) is 22.2 Å². The fraction of sp³-hybridized carbons (Fsp3) is 0.250. The third-order valence-corrected chi connectivity index (χ3v) is 4.11. The Bertz CT molecular complexity index is 918. The van der Waals surface area contributed by atoms with E-state index in [1.165, 1.54) is 0 Å². The molecule has 0 unspecified atom stereocenters. The molecule has 140 valence electrons. The Morgan fingerprint density at radius 2 is 1.89 bits per heavy atom. The summed E-state index contributed by atoms with van der Waals surface area (Å²) < 4.78 is 10.3. The van der Waals surface area contributed by atoms with Crippen molar-refractivity contribution in [2.45, 2.75) is 12.8 Å². The molecule has 2 aromatic carbocycles. The zero-order chi connectivity index (χ0) is 19.1. The van der Waals surface area contributed by atoms with E-state index in [9.17, 15) is 9.59 Å². The fourth-order valence-corrected chi connectivity index (χ4v) is 2.65. The summed E-state index contributed by atoms with van der Waals surface area (Å²) in [6.07, 6.45) is 0.734. The minimum atomic E-state index is -0.351. The Hall–Kier alpha value is -3.35. The first kappa shape index (κ1) is 18.4. The Labute approximate surface area is 156 Å². The molecule has 3 rings (SSSR count). The zero-order valence-corrected chi connectivity index (χ0v) is 15.0. The number of carbonyl (C=O) groups is 2. The van der Waals surface area contributed by atoms with Crippen LogP contribution in [-0.4, -0.2) is 42.3 Å². The lowest BCUT2D eigenvalue weighted by molar-refractivity contribution is -0.143. The lowest BCUT2D eigenvalue weighted by atomic mass is 10.1. The van der Waals surface area contributed by atoms with E-state index in [-0.39, 0.29) is 24.8 Å². The minimum absolute atomic E-state index is 0.108. The van der Waals surface area contributed by atoms with Crippen LogP contribution in [0.4, 0.5) is 0 Å². The summed E-state index contributed by atoms with van der Waals surface area (Å²) in [6, 6.07) is 15.0. The van der Waals surface area contributed by atoms with Gasteiger partial charge in [0.1, 0.15) is 5.75 Å². The maximum Gasteiger partial charge on any atom is 0.307 e. The molecule has 0 bridgehead atoms. The summed E-state index contributed by atoms with van der Waals surface area (Å²) >= 11 is 0. The molecule has 3 aromatic rings. The van der Waals surface area contributed by atoms with Crippen LogP contribution in [0.3, 0.4) is 0 Å². The highest BCUT2D eigenvalue weighted by molar-refractivity contribution is 6.04. The number of fused-ring (bicyclic) bond motifs is 1. The van der Waals surface area contributed by atoms with Crippen molar-refractivity contribution in [3.05, 3.63) is 59.8 Å². The number of nitrogens with one attached hydrogen (secondary N) is 2. The molecule has 0 radical (unpaired) electrons. The van der Waals surface area contributed by atoms with Crippen LogP contribution in [0.1, 0.15) is 22.5 Å². The van der Waals surface area contributed by atoms with Crippen molar-refractivity contribution < 1.29 is 19.1 Å². The molecule has 0 fully saturated rings. The maximum absolute atomic E-state index is 12.2. The lowest BCUT2D eigenvalue weighted by Crippen LogP contribution is -2.27. The average Bonchev–Trinajstić information content (AvgIpc) is 3.13. The molecule has 1 aromatic heterocycles. The van der Waals surface area contributed by atoms with Crippen molar-refractivity contribution in [3.8, 4) is 5.75 Å². The highest BCUT2D eigenvalue weighted by Crippen LogP contribution is 2.14. The SMILES string of the molecule is COc1ccc(CCOC(=O)CCNC(=O)c2n[nH]c3ccccc23)cc1. The van der Waals surface area contributed by atoms with Crippen LogP contribution in [0.15, 0.2) is 48.5 Å². The van der Waals surface area contributed by atoms with Crippen LogP contribution < -0.4 is 10.1 Å². The van der Waals surface area contributed by atoms with Crippen LogP contribution >= 0.6 is 0 Å². The first-order valence-electron chi connectivity index (χ1n) is 8.67. The summed E-state index contributed by atoms with van der Waals surface area (Å²) in [4.78, 5) is 24.0. The van der Waals surface area contributed by atoms with E-state index in [0.29, 0.717) is 18.7 Å². The van der Waals surface area contributed by atoms with Gasteiger partial charge in [0.05, 0.1) is 25.7 Å². The van der Waals surface area contributed by atoms with Crippen LogP contribution in [-0.2, 0) is 16.0 Å². The molecule has 0 atom stereocenters. The number of amides is 1. The molecule has 0 spiro atoms. The van der Waals surface area contributed by atoms with Gasteiger partial charge in [0.25, 0.3) is 5.91 Å². The zero-order valence-electron chi connectivity index (χ0n) is 15.0. The topological polar surface area (TPSA) is 93.3 Å². The number of benzene rings is 2. The van der Waals surface area contributed by atoms with Gasteiger partial charge >= 0.3 is 5.97 Å². The summed E-state index contributed by atoms with van der Waals surface area (Å²) in [5.41, 5.74) is 2.17. The van der Waals surface area contributed by atoms with Gasteiger partial charge in [0, 0.05) is 18.4 Å². The smallest absolute Gasteiger partial charge is 0.307 e. The highest BCUT2D eigenvalue weighted by Gasteiger charge is 2.13. The van der Waals surface area contributed by atoms with Crippen molar-refractivity contribution in [3.63, 3.8) is 0 Å². The van der Waals surface area contributed by atoms with Crippen LogP contribution in [0.25, 0.3) is 10.9 Å². The third-order valence-electron chi connectivity index (χ3n) is 4.11. The van der Waals surface area contributed by atoms with Gasteiger partial charge in [0.15, 0.2) is 5.69 Å². The molecule has 0 aliphatic heterocycles. The predicted octanol–water partition coefficient (Wildman–Crippen LogP) is 2.48. The Kier molecular flexibility index (Phi) is 6.04. The number of hydrogen-bond acceptors (Lipinski definition) is 5. The molecule has 0 aliphatic carbocycles. The summed E-state index contributed by atoms with van der Waals surface area (Å²) in [7, 11) is 1.62. The first-order chi connectivity index (χ1) is 13.2.